The largest absolute Gasteiger partial charge is 0.505 e. The highest BCUT2D eigenvalue weighted by atomic mass is 16.5. The van der Waals surface area contributed by atoms with Gasteiger partial charge in [-0.15, -0.1) is 0 Å². The molecule has 0 bridgehead atoms. The van der Waals surface area contributed by atoms with Gasteiger partial charge in [0.05, 0.1) is 6.54 Å². The maximum Gasteiger partial charge on any atom is 0.322 e. The number of nitrogens with one attached hydrogen (secondary N) is 1. The summed E-state index contributed by atoms with van der Waals surface area (Å²) >= 11 is 0. The zero-order chi connectivity index (χ0) is 21.8. The van der Waals surface area contributed by atoms with E-state index in [9.17, 15) is 14.7 Å². The summed E-state index contributed by atoms with van der Waals surface area (Å²) in [5, 5.41) is 27.4. The van der Waals surface area contributed by atoms with E-state index in [1.807, 2.05) is 32.0 Å². The number of ether oxygens (including phenoxy) is 1. The minimum atomic E-state index is -1.19. The lowest BCUT2D eigenvalue weighted by Gasteiger charge is -2.29. The van der Waals surface area contributed by atoms with Crippen LogP contribution in [0.25, 0.3) is 5.76 Å². The van der Waals surface area contributed by atoms with Crippen molar-refractivity contribution in [3.8, 4) is 11.5 Å². The second kappa shape index (κ2) is 8.69. The number of aliphatic hydroxyl groups excluding tert-OH is 1. The van der Waals surface area contributed by atoms with Crippen molar-refractivity contribution in [2.24, 2.45) is 5.10 Å². The standard InChI is InChI=1S/C22H23N3O5/c1-4-24-25-12-16-15(20(28)19(25)22(29)23-11-18(26)27)9-6-10-17(16)30-21-13(2)7-5-8-14(21)3/h4-10,28H,11-12H2,1-3H3,(H,23,29)(H,26,27)/b24-4-. The normalized spacial score (nSPS) is 13.4. The van der Waals surface area contributed by atoms with Crippen LogP contribution < -0.4 is 10.1 Å². The van der Waals surface area contributed by atoms with Crippen LogP contribution >= 0.6 is 0 Å². The van der Waals surface area contributed by atoms with Gasteiger partial charge in [0.15, 0.2) is 11.5 Å². The minimum absolute atomic E-state index is 0.119. The van der Waals surface area contributed by atoms with Gasteiger partial charge < -0.3 is 20.3 Å². The molecule has 1 heterocycles. The number of aryl methyl sites for hydroxylation is 2. The van der Waals surface area contributed by atoms with Crippen molar-refractivity contribution < 1.29 is 24.5 Å². The van der Waals surface area contributed by atoms with Crippen molar-refractivity contribution in [3.05, 3.63) is 64.3 Å². The fourth-order valence-electron chi connectivity index (χ4n) is 3.30. The fraction of sp³-hybridized carbons (Fsp3) is 0.227. The molecule has 0 saturated heterocycles. The summed E-state index contributed by atoms with van der Waals surface area (Å²) < 4.78 is 6.20. The summed E-state index contributed by atoms with van der Waals surface area (Å²) in [6.45, 7) is 5.18. The Bertz CT molecular complexity index is 1040. The number of benzene rings is 2. The zero-order valence-electron chi connectivity index (χ0n) is 17.0. The van der Waals surface area contributed by atoms with Gasteiger partial charge in [-0.05, 0) is 38.0 Å². The van der Waals surface area contributed by atoms with E-state index in [0.29, 0.717) is 16.9 Å². The van der Waals surface area contributed by atoms with Gasteiger partial charge in [-0.3, -0.25) is 14.6 Å². The molecule has 1 aliphatic rings. The number of rotatable bonds is 6. The zero-order valence-corrected chi connectivity index (χ0v) is 17.0. The first-order valence-corrected chi connectivity index (χ1v) is 9.39. The van der Waals surface area contributed by atoms with Crippen LogP contribution in [0, 0.1) is 13.8 Å². The SMILES string of the molecule is C/C=N\N1Cc2c(Oc3c(C)cccc3C)cccc2C(O)=C1C(=O)NCC(=O)O. The minimum Gasteiger partial charge on any atom is -0.505 e. The van der Waals surface area contributed by atoms with Crippen LogP contribution in [0.2, 0.25) is 0 Å². The number of aliphatic carboxylic acids is 1. The van der Waals surface area contributed by atoms with E-state index in [2.05, 4.69) is 10.4 Å². The van der Waals surface area contributed by atoms with E-state index in [-0.39, 0.29) is 18.0 Å². The lowest BCUT2D eigenvalue weighted by Crippen LogP contribution is -2.38. The Morgan fingerprint density at radius 1 is 1.20 bits per heavy atom. The van der Waals surface area contributed by atoms with E-state index < -0.39 is 18.4 Å². The highest BCUT2D eigenvalue weighted by Gasteiger charge is 2.31. The molecule has 8 heteroatoms. The van der Waals surface area contributed by atoms with E-state index in [1.165, 1.54) is 11.2 Å². The second-order valence-corrected chi connectivity index (χ2v) is 6.81. The molecule has 3 rings (SSSR count). The molecule has 1 aliphatic heterocycles. The molecule has 0 spiro atoms. The van der Waals surface area contributed by atoms with E-state index in [0.717, 1.165) is 16.9 Å². The highest BCUT2D eigenvalue weighted by molar-refractivity contribution is 6.01. The monoisotopic (exact) mass is 409 g/mol. The number of carbonyl (C=O) groups excluding carboxylic acids is 1. The van der Waals surface area contributed by atoms with Crippen LogP contribution in [-0.2, 0) is 16.1 Å². The Labute approximate surface area is 174 Å². The number of carbonyl (C=O) groups is 2. The first-order chi connectivity index (χ1) is 14.3. The van der Waals surface area contributed by atoms with Gasteiger partial charge in [-0.2, -0.15) is 5.10 Å². The maximum absolute atomic E-state index is 12.5. The molecule has 0 aliphatic carbocycles. The topological polar surface area (TPSA) is 111 Å². The number of hydrogen-bond acceptors (Lipinski definition) is 6. The summed E-state index contributed by atoms with van der Waals surface area (Å²) in [6, 6.07) is 11.1. The maximum atomic E-state index is 12.5. The van der Waals surface area contributed by atoms with E-state index in [4.69, 9.17) is 9.84 Å². The van der Waals surface area contributed by atoms with Crippen LogP contribution in [-0.4, -0.2) is 39.9 Å². The van der Waals surface area contributed by atoms with Gasteiger partial charge in [0.1, 0.15) is 18.0 Å². The molecule has 0 atom stereocenters. The molecule has 3 N–H and O–H groups in total. The van der Waals surface area contributed by atoms with Crippen molar-refractivity contribution in [2.75, 3.05) is 6.54 Å². The first-order valence-electron chi connectivity index (χ1n) is 9.39. The summed E-state index contributed by atoms with van der Waals surface area (Å²) in [5.74, 6) is -0.943. The van der Waals surface area contributed by atoms with Gasteiger partial charge in [0, 0.05) is 17.3 Å². The van der Waals surface area contributed by atoms with Crippen LogP contribution in [0.3, 0.4) is 0 Å². The molecule has 0 aromatic heterocycles. The van der Waals surface area contributed by atoms with Gasteiger partial charge in [-0.25, -0.2) is 0 Å². The fourth-order valence-corrected chi connectivity index (χ4v) is 3.30. The molecule has 0 saturated carbocycles. The van der Waals surface area contributed by atoms with Crippen LogP contribution in [0.4, 0.5) is 0 Å². The predicted octanol–water partition coefficient (Wildman–Crippen LogP) is 3.34. The Morgan fingerprint density at radius 3 is 2.50 bits per heavy atom. The smallest absolute Gasteiger partial charge is 0.322 e. The Balaban J connectivity index is 2.06. The van der Waals surface area contributed by atoms with Gasteiger partial charge in [-0.1, -0.05) is 30.3 Å². The molecule has 8 nitrogen and oxygen atoms in total. The van der Waals surface area contributed by atoms with Crippen molar-refractivity contribution in [1.82, 2.24) is 10.3 Å². The molecular weight excluding hydrogens is 386 g/mol. The van der Waals surface area contributed by atoms with Gasteiger partial charge in [0.25, 0.3) is 5.91 Å². The summed E-state index contributed by atoms with van der Waals surface area (Å²) in [7, 11) is 0. The number of hydrogen-bond donors (Lipinski definition) is 3. The van der Waals surface area contributed by atoms with Crippen molar-refractivity contribution in [3.63, 3.8) is 0 Å². The molecule has 0 fully saturated rings. The number of hydrazone groups is 1. The number of carboxylic acid groups (broad SMARTS) is 1. The molecule has 30 heavy (non-hydrogen) atoms. The summed E-state index contributed by atoms with van der Waals surface area (Å²) in [6.07, 6.45) is 1.48. The molecule has 2 aromatic carbocycles. The summed E-state index contributed by atoms with van der Waals surface area (Å²) in [5.41, 5.74) is 2.92. The Hall–Kier alpha value is -3.81. The van der Waals surface area contributed by atoms with Gasteiger partial charge in [0.2, 0.25) is 0 Å². The first kappa shape index (κ1) is 20.9. The number of nitrogens with zero attached hydrogens (tertiary/aromatic N) is 2. The van der Waals surface area contributed by atoms with E-state index in [1.54, 1.807) is 25.1 Å². The number of para-hydroxylation sites is 1. The van der Waals surface area contributed by atoms with Crippen molar-refractivity contribution in [1.29, 1.82) is 0 Å². The van der Waals surface area contributed by atoms with Gasteiger partial charge >= 0.3 is 5.97 Å². The third-order valence-electron chi connectivity index (χ3n) is 4.67. The highest BCUT2D eigenvalue weighted by Crippen LogP contribution is 2.38. The molecule has 0 radical (unpaired) electrons. The molecule has 156 valence electrons. The second-order valence-electron chi connectivity index (χ2n) is 6.81. The molecule has 1 amide bonds. The molecular formula is C22H23N3O5. The third kappa shape index (κ3) is 4.12. The Morgan fingerprint density at radius 2 is 1.87 bits per heavy atom. The average Bonchev–Trinajstić information content (AvgIpc) is 2.70. The summed E-state index contributed by atoms with van der Waals surface area (Å²) in [4.78, 5) is 23.3. The third-order valence-corrected chi connectivity index (χ3v) is 4.67. The molecule has 0 unspecified atom stereocenters. The van der Waals surface area contributed by atoms with Crippen LogP contribution in [0.15, 0.2) is 47.2 Å². The van der Waals surface area contributed by atoms with Crippen LogP contribution in [0.1, 0.15) is 29.2 Å². The average molecular weight is 409 g/mol. The number of amides is 1. The lowest BCUT2D eigenvalue weighted by molar-refractivity contribution is -0.137. The predicted molar refractivity (Wildman–Crippen MR) is 112 cm³/mol. The Kier molecular flexibility index (Phi) is 6.06. The van der Waals surface area contributed by atoms with Crippen LogP contribution in [0.5, 0.6) is 11.5 Å². The van der Waals surface area contributed by atoms with E-state index >= 15 is 0 Å². The number of carboxylic acids is 1. The lowest BCUT2D eigenvalue weighted by atomic mass is 9.99. The van der Waals surface area contributed by atoms with Crippen molar-refractivity contribution in [2.45, 2.75) is 27.3 Å². The number of fused-ring (bicyclic) bond motifs is 1. The van der Waals surface area contributed by atoms with Crippen molar-refractivity contribution >= 4 is 23.9 Å². The quantitative estimate of drug-likeness (QED) is 0.631. The number of aliphatic hydroxyl groups is 1. The molecule has 2 aromatic rings.